The number of rotatable bonds is 6. The van der Waals surface area contributed by atoms with E-state index < -0.39 is 0 Å². The van der Waals surface area contributed by atoms with Crippen molar-refractivity contribution in [2.45, 2.75) is 39.2 Å². The van der Waals surface area contributed by atoms with Gasteiger partial charge in [0, 0.05) is 12.6 Å². The summed E-state index contributed by atoms with van der Waals surface area (Å²) in [5.74, 6) is 0.658. The Labute approximate surface area is 115 Å². The van der Waals surface area contributed by atoms with E-state index in [2.05, 4.69) is 36.9 Å². The van der Waals surface area contributed by atoms with Crippen LogP contribution in [0.25, 0.3) is 0 Å². The van der Waals surface area contributed by atoms with Gasteiger partial charge in [0.25, 0.3) is 0 Å². The highest BCUT2D eigenvalue weighted by molar-refractivity contribution is 6.33. The quantitative estimate of drug-likeness (QED) is 0.854. The molecule has 2 nitrogen and oxygen atoms in total. The molecule has 0 spiro atoms. The highest BCUT2D eigenvalue weighted by Crippen LogP contribution is 2.36. The minimum Gasteiger partial charge on any atom is -0.367 e. The summed E-state index contributed by atoms with van der Waals surface area (Å²) in [4.78, 5) is 2.47. The average Bonchev–Trinajstić information content (AvgIpc) is 3.10. The molecule has 0 saturated heterocycles. The average molecular weight is 267 g/mol. The minimum absolute atomic E-state index is 0.658. The van der Waals surface area contributed by atoms with Crippen LogP contribution in [0.2, 0.25) is 5.02 Å². The van der Waals surface area contributed by atoms with Crippen LogP contribution in [0.3, 0.4) is 0 Å². The summed E-state index contributed by atoms with van der Waals surface area (Å²) in [6.45, 7) is 6.27. The zero-order valence-corrected chi connectivity index (χ0v) is 12.1. The van der Waals surface area contributed by atoms with E-state index >= 15 is 0 Å². The Hall–Kier alpha value is -0.730. The predicted molar refractivity (Wildman–Crippen MR) is 79.4 cm³/mol. The molecule has 2 rings (SSSR count). The smallest absolute Gasteiger partial charge is 0.0642 e. The van der Waals surface area contributed by atoms with E-state index in [1.807, 2.05) is 0 Å². The molecule has 1 aromatic carbocycles. The molecule has 0 aromatic heterocycles. The Balaban J connectivity index is 2.19. The van der Waals surface area contributed by atoms with Crippen LogP contribution in [0.4, 0.5) is 5.69 Å². The van der Waals surface area contributed by atoms with Crippen LogP contribution in [0.5, 0.6) is 0 Å². The van der Waals surface area contributed by atoms with Crippen LogP contribution in [-0.2, 0) is 6.42 Å². The van der Waals surface area contributed by atoms with Gasteiger partial charge in [0.2, 0.25) is 0 Å². The van der Waals surface area contributed by atoms with Crippen LogP contribution >= 0.6 is 11.6 Å². The lowest BCUT2D eigenvalue weighted by Gasteiger charge is -2.28. The van der Waals surface area contributed by atoms with Crippen molar-refractivity contribution in [2.75, 3.05) is 18.0 Å². The van der Waals surface area contributed by atoms with Crippen molar-refractivity contribution in [2.24, 2.45) is 11.7 Å². The Morgan fingerprint density at radius 1 is 1.39 bits per heavy atom. The molecule has 1 saturated carbocycles. The summed E-state index contributed by atoms with van der Waals surface area (Å²) in [7, 11) is 0. The molecule has 1 aromatic rings. The normalized spacial score (nSPS) is 15.2. The predicted octanol–water partition coefficient (Wildman–Crippen LogP) is 3.47. The summed E-state index contributed by atoms with van der Waals surface area (Å²) in [6, 6.07) is 7.09. The Kier molecular flexibility index (Phi) is 4.52. The van der Waals surface area contributed by atoms with E-state index in [4.69, 9.17) is 17.3 Å². The van der Waals surface area contributed by atoms with E-state index in [-0.39, 0.29) is 0 Å². The fourth-order valence-electron chi connectivity index (χ4n) is 2.33. The summed E-state index contributed by atoms with van der Waals surface area (Å²) in [5.41, 5.74) is 8.00. The molecule has 1 aliphatic carbocycles. The van der Waals surface area contributed by atoms with Gasteiger partial charge in [-0.3, -0.25) is 0 Å². The molecule has 0 heterocycles. The second kappa shape index (κ2) is 5.94. The number of benzene rings is 1. The van der Waals surface area contributed by atoms with Crippen LogP contribution < -0.4 is 10.6 Å². The molecule has 1 fully saturated rings. The van der Waals surface area contributed by atoms with Crippen molar-refractivity contribution in [3.8, 4) is 0 Å². The molecular weight excluding hydrogens is 244 g/mol. The Morgan fingerprint density at radius 3 is 2.61 bits per heavy atom. The van der Waals surface area contributed by atoms with Crippen LogP contribution in [-0.4, -0.2) is 19.1 Å². The maximum atomic E-state index is 6.43. The van der Waals surface area contributed by atoms with Gasteiger partial charge < -0.3 is 10.6 Å². The monoisotopic (exact) mass is 266 g/mol. The number of halogens is 1. The summed E-state index contributed by atoms with van der Waals surface area (Å²) in [5, 5.41) is 0.869. The number of hydrogen-bond donors (Lipinski definition) is 1. The third kappa shape index (κ3) is 3.39. The fraction of sp³-hybridized carbons (Fsp3) is 0.600. The lowest BCUT2D eigenvalue weighted by atomic mass is 10.1. The Bertz CT molecular complexity index is 399. The zero-order valence-electron chi connectivity index (χ0n) is 11.3. The maximum Gasteiger partial charge on any atom is 0.0642 e. The highest BCUT2D eigenvalue weighted by Gasteiger charge is 2.30. The van der Waals surface area contributed by atoms with Gasteiger partial charge in [-0.1, -0.05) is 31.5 Å². The molecule has 0 radical (unpaired) electrons. The van der Waals surface area contributed by atoms with Gasteiger partial charge in [0.1, 0.15) is 0 Å². The molecule has 0 bridgehead atoms. The van der Waals surface area contributed by atoms with Gasteiger partial charge in [0.05, 0.1) is 10.7 Å². The van der Waals surface area contributed by atoms with Gasteiger partial charge >= 0.3 is 0 Å². The molecule has 1 aliphatic rings. The minimum atomic E-state index is 0.658. The van der Waals surface area contributed by atoms with E-state index in [0.717, 1.165) is 18.0 Å². The van der Waals surface area contributed by atoms with Crippen molar-refractivity contribution in [3.05, 3.63) is 28.8 Å². The van der Waals surface area contributed by atoms with Crippen LogP contribution in [0.15, 0.2) is 18.2 Å². The Morgan fingerprint density at radius 2 is 2.11 bits per heavy atom. The van der Waals surface area contributed by atoms with Gasteiger partial charge in [-0.05, 0) is 49.4 Å². The van der Waals surface area contributed by atoms with Crippen molar-refractivity contribution in [1.82, 2.24) is 0 Å². The van der Waals surface area contributed by atoms with Gasteiger partial charge in [-0.2, -0.15) is 0 Å². The van der Waals surface area contributed by atoms with E-state index in [0.29, 0.717) is 18.5 Å². The molecule has 0 aliphatic heterocycles. The first-order valence-electron chi connectivity index (χ1n) is 6.87. The van der Waals surface area contributed by atoms with Crippen molar-refractivity contribution in [1.29, 1.82) is 0 Å². The number of nitrogens with two attached hydrogens (primary N) is 1. The largest absolute Gasteiger partial charge is 0.367 e. The van der Waals surface area contributed by atoms with E-state index in [1.54, 1.807) is 0 Å². The van der Waals surface area contributed by atoms with Gasteiger partial charge in [-0.25, -0.2) is 0 Å². The third-order valence-electron chi connectivity index (χ3n) is 3.30. The zero-order chi connectivity index (χ0) is 13.1. The lowest BCUT2D eigenvalue weighted by Crippen LogP contribution is -2.30. The van der Waals surface area contributed by atoms with Crippen molar-refractivity contribution < 1.29 is 0 Å². The molecule has 100 valence electrons. The number of hydrogen-bond acceptors (Lipinski definition) is 2. The standard InChI is InChI=1S/C15H23ClN2/c1-11(2)10-18(13-4-5-13)15-6-3-12(7-8-17)9-14(15)16/h3,6,9,11,13H,4-5,7-8,10,17H2,1-2H3. The van der Waals surface area contributed by atoms with Crippen molar-refractivity contribution in [3.63, 3.8) is 0 Å². The third-order valence-corrected chi connectivity index (χ3v) is 3.61. The fourth-order valence-corrected chi connectivity index (χ4v) is 2.64. The van der Waals surface area contributed by atoms with E-state index in [9.17, 15) is 0 Å². The molecular formula is C15H23ClN2. The molecule has 18 heavy (non-hydrogen) atoms. The number of nitrogens with zero attached hydrogens (tertiary/aromatic N) is 1. The van der Waals surface area contributed by atoms with Gasteiger partial charge in [-0.15, -0.1) is 0 Å². The van der Waals surface area contributed by atoms with Crippen LogP contribution in [0, 0.1) is 5.92 Å². The first-order chi connectivity index (χ1) is 8.61. The first-order valence-corrected chi connectivity index (χ1v) is 7.24. The second-order valence-electron chi connectivity index (χ2n) is 5.60. The molecule has 3 heteroatoms. The van der Waals surface area contributed by atoms with E-state index in [1.165, 1.54) is 24.1 Å². The van der Waals surface area contributed by atoms with Crippen molar-refractivity contribution >= 4 is 17.3 Å². The topological polar surface area (TPSA) is 29.3 Å². The first kappa shape index (κ1) is 13.7. The molecule has 0 amide bonds. The SMILES string of the molecule is CC(C)CN(c1ccc(CCN)cc1Cl)C1CC1. The van der Waals surface area contributed by atoms with Gasteiger partial charge in [0.15, 0.2) is 0 Å². The summed E-state index contributed by atoms with van der Waals surface area (Å²) < 4.78 is 0. The van der Waals surface area contributed by atoms with Crippen LogP contribution in [0.1, 0.15) is 32.3 Å². The molecule has 2 N–H and O–H groups in total. The summed E-state index contributed by atoms with van der Waals surface area (Å²) >= 11 is 6.43. The summed E-state index contributed by atoms with van der Waals surface area (Å²) in [6.07, 6.45) is 3.49. The lowest BCUT2D eigenvalue weighted by molar-refractivity contribution is 0.607. The second-order valence-corrected chi connectivity index (χ2v) is 6.01. The molecule has 0 atom stereocenters. The molecule has 0 unspecified atom stereocenters. The highest BCUT2D eigenvalue weighted by atomic mass is 35.5. The number of anilines is 1. The maximum absolute atomic E-state index is 6.43.